The summed E-state index contributed by atoms with van der Waals surface area (Å²) >= 11 is 0. The molecule has 0 aliphatic rings. The second-order valence-corrected chi connectivity index (χ2v) is 5.78. The summed E-state index contributed by atoms with van der Waals surface area (Å²) in [6.45, 7) is 3.17. The molecule has 0 aromatic carbocycles. The van der Waals surface area contributed by atoms with Gasteiger partial charge in [0.25, 0.3) is 6.43 Å². The highest BCUT2D eigenvalue weighted by Gasteiger charge is 2.92. The van der Waals surface area contributed by atoms with Crippen LogP contribution in [0.1, 0.15) is 6.92 Å². The maximum absolute atomic E-state index is 13.4. The summed E-state index contributed by atoms with van der Waals surface area (Å²) in [5, 5.41) is 0. The molecule has 0 aliphatic carbocycles. The molecule has 2 atom stereocenters. The second kappa shape index (κ2) is 8.22. The zero-order chi connectivity index (χ0) is 25.6. The van der Waals surface area contributed by atoms with Gasteiger partial charge in [0.05, 0.1) is 0 Å². The molecule has 0 saturated heterocycles. The topological polar surface area (TPSA) is 26.3 Å². The molecular formula is C13H8F16O2. The number of rotatable bonds is 10. The highest BCUT2D eigenvalue weighted by molar-refractivity contribution is 5.87. The summed E-state index contributed by atoms with van der Waals surface area (Å²) in [5.74, 6) is -50.1. The molecule has 0 aromatic heterocycles. The summed E-state index contributed by atoms with van der Waals surface area (Å²) in [6, 6.07) is 0. The van der Waals surface area contributed by atoms with Crippen molar-refractivity contribution < 1.29 is 79.8 Å². The Morgan fingerprint density at radius 3 is 1.29 bits per heavy atom. The number of hydrogen-bond donors (Lipinski definition) is 0. The number of esters is 1. The molecule has 0 N–H and O–H groups in total. The van der Waals surface area contributed by atoms with Crippen molar-refractivity contribution in [3.8, 4) is 0 Å². The SMILES string of the molecule is C=C(C)C(=O)OC(F)C(F)(F)C(F)(F)C(F)(F)C(F)(F)C(F)(F)C(F)(F)C(F)C(F)F. The number of halogens is 16. The molecule has 0 fully saturated rings. The van der Waals surface area contributed by atoms with Crippen LogP contribution < -0.4 is 0 Å². The van der Waals surface area contributed by atoms with Gasteiger partial charge < -0.3 is 4.74 Å². The predicted octanol–water partition coefficient (Wildman–Crippen LogP) is 5.82. The third kappa shape index (κ3) is 4.25. The average Bonchev–Trinajstić information content (AvgIpc) is 2.59. The van der Waals surface area contributed by atoms with E-state index in [0.29, 0.717) is 6.92 Å². The Balaban J connectivity index is 6.46. The minimum absolute atomic E-state index is 0.563. The van der Waals surface area contributed by atoms with Gasteiger partial charge in [-0.25, -0.2) is 18.0 Å². The van der Waals surface area contributed by atoms with Gasteiger partial charge in [-0.1, -0.05) is 6.58 Å². The molecule has 31 heavy (non-hydrogen) atoms. The fourth-order valence-corrected chi connectivity index (χ4v) is 1.56. The van der Waals surface area contributed by atoms with E-state index in [1.165, 1.54) is 0 Å². The van der Waals surface area contributed by atoms with Crippen molar-refractivity contribution in [2.75, 3.05) is 0 Å². The maximum atomic E-state index is 13.4. The number of carbonyl (C=O) groups excluding carboxylic acids is 1. The summed E-state index contributed by atoms with van der Waals surface area (Å²) in [4.78, 5) is 10.8. The van der Waals surface area contributed by atoms with E-state index in [4.69, 9.17) is 0 Å². The Bertz CT molecular complexity index is 685. The first-order chi connectivity index (χ1) is 13.4. The lowest BCUT2D eigenvalue weighted by atomic mass is 9.90. The number of hydrogen-bond acceptors (Lipinski definition) is 2. The molecule has 184 valence electrons. The van der Waals surface area contributed by atoms with Crippen LogP contribution in [-0.2, 0) is 9.53 Å². The first-order valence-electron chi connectivity index (χ1n) is 7.05. The Kier molecular flexibility index (Phi) is 7.71. The fraction of sp³-hybridized carbons (Fsp3) is 0.769. The van der Waals surface area contributed by atoms with E-state index in [-0.39, 0.29) is 0 Å². The zero-order valence-electron chi connectivity index (χ0n) is 14.3. The first kappa shape index (κ1) is 29.1. The van der Waals surface area contributed by atoms with Crippen LogP contribution in [-0.4, -0.2) is 60.5 Å². The van der Waals surface area contributed by atoms with Crippen molar-refractivity contribution in [2.45, 2.75) is 61.4 Å². The van der Waals surface area contributed by atoms with Gasteiger partial charge in [0.15, 0.2) is 0 Å². The fourth-order valence-electron chi connectivity index (χ4n) is 1.56. The molecule has 0 radical (unpaired) electrons. The highest BCUT2D eigenvalue weighted by Crippen LogP contribution is 2.61. The standard InChI is InChI=1S/C13H8F16O2/c1-3(2)6(30)31-7(17)9(20,21)11(24,25)13(28,29)12(26,27)10(22,23)8(18,19)4(14)5(15)16/h4-5,7H,1H2,2H3. The number of carbonyl (C=O) groups is 1. The van der Waals surface area contributed by atoms with Crippen molar-refractivity contribution in [2.24, 2.45) is 0 Å². The van der Waals surface area contributed by atoms with Crippen molar-refractivity contribution in [3.63, 3.8) is 0 Å². The highest BCUT2D eigenvalue weighted by atomic mass is 19.4. The van der Waals surface area contributed by atoms with Crippen LogP contribution in [0.4, 0.5) is 70.2 Å². The molecular weight excluding hydrogens is 492 g/mol. The Morgan fingerprint density at radius 1 is 0.677 bits per heavy atom. The van der Waals surface area contributed by atoms with E-state index in [0.717, 1.165) is 0 Å². The molecule has 0 spiro atoms. The molecule has 2 unspecified atom stereocenters. The molecule has 2 nitrogen and oxygen atoms in total. The van der Waals surface area contributed by atoms with Crippen LogP contribution in [0.2, 0.25) is 0 Å². The van der Waals surface area contributed by atoms with Crippen molar-refractivity contribution in [3.05, 3.63) is 12.2 Å². The lowest BCUT2D eigenvalue weighted by Gasteiger charge is -2.41. The van der Waals surface area contributed by atoms with Crippen molar-refractivity contribution in [1.29, 1.82) is 0 Å². The lowest BCUT2D eigenvalue weighted by molar-refractivity contribution is -0.440. The molecule has 18 heteroatoms. The quantitative estimate of drug-likeness (QED) is 0.215. The normalized spacial score (nSPS) is 16.8. The molecule has 0 amide bonds. The summed E-state index contributed by atoms with van der Waals surface area (Å²) in [7, 11) is 0. The van der Waals surface area contributed by atoms with E-state index in [1.54, 1.807) is 0 Å². The molecule has 0 bridgehead atoms. The van der Waals surface area contributed by atoms with Gasteiger partial charge in [-0.15, -0.1) is 0 Å². The van der Waals surface area contributed by atoms with E-state index in [1.807, 2.05) is 0 Å². The lowest BCUT2D eigenvalue weighted by Crippen LogP contribution is -2.73. The molecule has 0 heterocycles. The Hall–Kier alpha value is -1.91. The van der Waals surface area contributed by atoms with Gasteiger partial charge in [0, 0.05) is 5.57 Å². The monoisotopic (exact) mass is 500 g/mol. The summed E-state index contributed by atoms with van der Waals surface area (Å²) in [6.07, 6.45) is -16.1. The van der Waals surface area contributed by atoms with Crippen LogP contribution in [0.25, 0.3) is 0 Å². The second-order valence-electron chi connectivity index (χ2n) is 5.78. The minimum atomic E-state index is -8.40. The maximum Gasteiger partial charge on any atom is 0.385 e. The van der Waals surface area contributed by atoms with Gasteiger partial charge in [-0.05, 0) is 6.92 Å². The third-order valence-electron chi connectivity index (χ3n) is 3.43. The van der Waals surface area contributed by atoms with Crippen LogP contribution >= 0.6 is 0 Å². The Morgan fingerprint density at radius 2 is 1.00 bits per heavy atom. The zero-order valence-corrected chi connectivity index (χ0v) is 14.3. The van der Waals surface area contributed by atoms with Crippen LogP contribution in [0.5, 0.6) is 0 Å². The predicted molar refractivity (Wildman–Crippen MR) is 66.4 cm³/mol. The number of alkyl halides is 16. The van der Waals surface area contributed by atoms with E-state index in [2.05, 4.69) is 11.3 Å². The van der Waals surface area contributed by atoms with Gasteiger partial charge in [-0.2, -0.15) is 57.1 Å². The largest absolute Gasteiger partial charge is 0.421 e. The molecule has 0 aliphatic heterocycles. The van der Waals surface area contributed by atoms with Gasteiger partial charge in [0.1, 0.15) is 0 Å². The van der Waals surface area contributed by atoms with Crippen molar-refractivity contribution >= 4 is 5.97 Å². The van der Waals surface area contributed by atoms with E-state index < -0.39 is 66.0 Å². The third-order valence-corrected chi connectivity index (χ3v) is 3.43. The molecule has 0 aromatic rings. The van der Waals surface area contributed by atoms with E-state index in [9.17, 15) is 75.0 Å². The first-order valence-corrected chi connectivity index (χ1v) is 7.05. The van der Waals surface area contributed by atoms with Crippen LogP contribution in [0.15, 0.2) is 12.2 Å². The minimum Gasteiger partial charge on any atom is -0.421 e. The van der Waals surface area contributed by atoms with Crippen LogP contribution in [0, 0.1) is 0 Å². The smallest absolute Gasteiger partial charge is 0.385 e. The van der Waals surface area contributed by atoms with Gasteiger partial charge in [0.2, 0.25) is 6.17 Å². The summed E-state index contributed by atoms with van der Waals surface area (Å²) in [5.41, 5.74) is -1.04. The molecule has 0 rings (SSSR count). The van der Waals surface area contributed by atoms with Gasteiger partial charge in [-0.3, -0.25) is 0 Å². The number of ether oxygens (including phenoxy) is 1. The van der Waals surface area contributed by atoms with E-state index >= 15 is 0 Å². The Labute approximate surface area is 160 Å². The van der Waals surface area contributed by atoms with Crippen molar-refractivity contribution in [1.82, 2.24) is 0 Å². The average molecular weight is 500 g/mol. The summed E-state index contributed by atoms with van der Waals surface area (Å²) < 4.78 is 212. The van der Waals surface area contributed by atoms with Crippen LogP contribution in [0.3, 0.4) is 0 Å². The van der Waals surface area contributed by atoms with Gasteiger partial charge >= 0.3 is 47.9 Å². The molecule has 0 saturated carbocycles.